The van der Waals surface area contributed by atoms with Crippen LogP contribution in [0.4, 0.5) is 0 Å². The number of halogens is 2. The fourth-order valence-corrected chi connectivity index (χ4v) is 4.12. The molecule has 0 spiro atoms. The van der Waals surface area contributed by atoms with E-state index in [9.17, 15) is 0 Å². The van der Waals surface area contributed by atoms with Crippen LogP contribution in [0, 0.1) is 4.64 Å². The van der Waals surface area contributed by atoms with E-state index < -0.39 is 0 Å². The van der Waals surface area contributed by atoms with Crippen molar-refractivity contribution in [3.05, 3.63) is 54.9 Å². The molecule has 0 radical (unpaired) electrons. The van der Waals surface area contributed by atoms with Crippen LogP contribution in [0.5, 0.6) is 0 Å². The van der Waals surface area contributed by atoms with Gasteiger partial charge in [0, 0.05) is 22.5 Å². The molecule has 0 saturated heterocycles. The Hall–Kier alpha value is -0.520. The second kappa shape index (κ2) is 6.71. The normalized spacial score (nSPS) is 15.5. The van der Waals surface area contributed by atoms with E-state index >= 15 is 0 Å². The maximum Gasteiger partial charge on any atom is 0.144 e. The molecule has 1 aromatic carbocycles. The summed E-state index contributed by atoms with van der Waals surface area (Å²) in [6, 6.07) is 8.31. The fraction of sp³-hybridized carbons (Fsp3) is 0.375. The van der Waals surface area contributed by atoms with Gasteiger partial charge in [-0.1, -0.05) is 53.1 Å². The van der Waals surface area contributed by atoms with Crippen molar-refractivity contribution in [2.24, 2.45) is 0 Å². The minimum Gasteiger partial charge on any atom is -0.346 e. The molecular formula is C16H16Br2N2S. The Kier molecular flexibility index (Phi) is 4.92. The highest BCUT2D eigenvalue weighted by Crippen LogP contribution is 2.36. The molecule has 110 valence electrons. The number of nitrogens with zero attached hydrogens (tertiary/aromatic N) is 1. The van der Waals surface area contributed by atoms with E-state index in [0.29, 0.717) is 10.6 Å². The first-order valence-corrected chi connectivity index (χ1v) is 9.16. The molecule has 1 N–H and O–H groups in total. The molecule has 1 aliphatic carbocycles. The van der Waals surface area contributed by atoms with Crippen molar-refractivity contribution >= 4 is 44.1 Å². The molecule has 1 fully saturated rings. The zero-order valence-corrected chi connectivity index (χ0v) is 15.5. The molecule has 5 heteroatoms. The Morgan fingerprint density at radius 2 is 2.00 bits per heavy atom. The molecule has 2 nitrogen and oxygen atoms in total. The minimum absolute atomic E-state index is 0.588. The fourth-order valence-electron chi connectivity index (χ4n) is 2.94. The van der Waals surface area contributed by atoms with Crippen LogP contribution >= 0.6 is 44.1 Å². The van der Waals surface area contributed by atoms with Gasteiger partial charge in [-0.25, -0.2) is 4.98 Å². The van der Waals surface area contributed by atoms with E-state index in [1.54, 1.807) is 0 Å². The number of hydrogen-bond donors (Lipinski definition) is 1. The first-order chi connectivity index (χ1) is 10.1. The highest BCUT2D eigenvalue weighted by Gasteiger charge is 2.21. The van der Waals surface area contributed by atoms with E-state index in [4.69, 9.17) is 12.2 Å². The zero-order chi connectivity index (χ0) is 14.8. The Balaban J connectivity index is 1.94. The molecule has 0 bridgehead atoms. The highest BCUT2D eigenvalue weighted by molar-refractivity contribution is 9.10. The summed E-state index contributed by atoms with van der Waals surface area (Å²) in [7, 11) is 0. The lowest BCUT2D eigenvalue weighted by Crippen LogP contribution is -2.05. The van der Waals surface area contributed by atoms with Crippen molar-refractivity contribution in [2.75, 3.05) is 0 Å². The molecular weight excluding hydrogens is 412 g/mol. The molecule has 2 aromatic rings. The molecule has 0 amide bonds. The molecule has 1 aliphatic rings. The van der Waals surface area contributed by atoms with Crippen molar-refractivity contribution in [2.45, 2.75) is 38.0 Å². The van der Waals surface area contributed by atoms with Crippen molar-refractivity contribution in [1.82, 2.24) is 9.97 Å². The van der Waals surface area contributed by atoms with Crippen LogP contribution in [0.3, 0.4) is 0 Å². The Morgan fingerprint density at radius 3 is 2.71 bits per heavy atom. The standard InChI is InChI=1S/C16H16Br2N2S/c17-12-7-3-4-10(8-12)9-13-19-15(11-5-1-2-6-11)14(18)16(21)20-13/h3-4,7-8,11H,1-2,5-6,9H2,(H,19,20,21). The first-order valence-electron chi connectivity index (χ1n) is 7.16. The molecule has 1 saturated carbocycles. The summed E-state index contributed by atoms with van der Waals surface area (Å²) < 4.78 is 2.73. The summed E-state index contributed by atoms with van der Waals surface area (Å²) in [5, 5.41) is 0. The molecule has 0 aliphatic heterocycles. The second-order valence-electron chi connectivity index (χ2n) is 5.50. The van der Waals surface area contributed by atoms with Crippen molar-refractivity contribution in [1.29, 1.82) is 0 Å². The maximum absolute atomic E-state index is 5.42. The van der Waals surface area contributed by atoms with Gasteiger partial charge < -0.3 is 4.98 Å². The molecule has 1 aromatic heterocycles. The lowest BCUT2D eigenvalue weighted by Gasteiger charge is -2.14. The highest BCUT2D eigenvalue weighted by atomic mass is 79.9. The van der Waals surface area contributed by atoms with E-state index in [0.717, 1.165) is 21.2 Å². The third kappa shape index (κ3) is 3.63. The smallest absolute Gasteiger partial charge is 0.144 e. The second-order valence-corrected chi connectivity index (χ2v) is 7.60. The summed E-state index contributed by atoms with van der Waals surface area (Å²) in [6.07, 6.45) is 5.87. The van der Waals surface area contributed by atoms with Gasteiger partial charge in [0.15, 0.2) is 0 Å². The monoisotopic (exact) mass is 426 g/mol. The van der Waals surface area contributed by atoms with Gasteiger partial charge in [0.2, 0.25) is 0 Å². The Labute approximate surface area is 146 Å². The van der Waals surface area contributed by atoms with Crippen LogP contribution in [0.1, 0.15) is 48.7 Å². The number of aromatic nitrogens is 2. The van der Waals surface area contributed by atoms with Crippen molar-refractivity contribution in [3.63, 3.8) is 0 Å². The number of H-pyrrole nitrogens is 1. The molecule has 1 heterocycles. The zero-order valence-electron chi connectivity index (χ0n) is 11.5. The largest absolute Gasteiger partial charge is 0.346 e. The lowest BCUT2D eigenvalue weighted by atomic mass is 10.0. The topological polar surface area (TPSA) is 28.7 Å². The van der Waals surface area contributed by atoms with Gasteiger partial charge >= 0.3 is 0 Å². The number of aromatic amines is 1. The van der Waals surface area contributed by atoms with Gasteiger partial charge in [0.05, 0.1) is 4.47 Å². The third-order valence-corrected chi connectivity index (χ3v) is 5.82. The van der Waals surface area contributed by atoms with Gasteiger partial charge in [0.25, 0.3) is 0 Å². The summed E-state index contributed by atoms with van der Waals surface area (Å²) in [6.45, 7) is 0. The molecule has 3 rings (SSSR count). The summed E-state index contributed by atoms with van der Waals surface area (Å²) >= 11 is 12.5. The molecule has 0 unspecified atom stereocenters. The quantitative estimate of drug-likeness (QED) is 0.616. The van der Waals surface area contributed by atoms with Gasteiger partial charge in [-0.15, -0.1) is 0 Å². The third-order valence-electron chi connectivity index (χ3n) is 3.96. The number of hydrogen-bond acceptors (Lipinski definition) is 2. The van der Waals surface area contributed by atoms with Gasteiger partial charge in [-0.2, -0.15) is 0 Å². The van der Waals surface area contributed by atoms with Gasteiger partial charge in [0.1, 0.15) is 10.5 Å². The van der Waals surface area contributed by atoms with Gasteiger partial charge in [-0.3, -0.25) is 0 Å². The Bertz CT molecular complexity index is 706. The van der Waals surface area contributed by atoms with Crippen LogP contribution in [0.15, 0.2) is 33.2 Å². The van der Waals surface area contributed by atoms with Crippen molar-refractivity contribution < 1.29 is 0 Å². The number of nitrogens with one attached hydrogen (secondary N) is 1. The average molecular weight is 428 g/mol. The Morgan fingerprint density at radius 1 is 1.24 bits per heavy atom. The van der Waals surface area contributed by atoms with Crippen LogP contribution in [0.2, 0.25) is 0 Å². The first kappa shape index (κ1) is 15.4. The van der Waals surface area contributed by atoms with Crippen LogP contribution in [-0.4, -0.2) is 9.97 Å². The predicted octanol–water partition coefficient (Wildman–Crippen LogP) is 5.91. The van der Waals surface area contributed by atoms with E-state index in [1.807, 2.05) is 12.1 Å². The summed E-state index contributed by atoms with van der Waals surface area (Å²) in [5.41, 5.74) is 2.46. The summed E-state index contributed by atoms with van der Waals surface area (Å²) in [5.74, 6) is 1.54. The number of rotatable bonds is 3. The van der Waals surface area contributed by atoms with Crippen LogP contribution in [-0.2, 0) is 6.42 Å². The average Bonchev–Trinajstić information content (AvgIpc) is 2.96. The predicted molar refractivity (Wildman–Crippen MR) is 95.3 cm³/mol. The SMILES string of the molecule is S=c1nc(Cc2cccc(Br)c2)[nH]c(C2CCCC2)c1Br. The van der Waals surface area contributed by atoms with E-state index in [-0.39, 0.29) is 0 Å². The molecule has 21 heavy (non-hydrogen) atoms. The van der Waals surface area contributed by atoms with Crippen LogP contribution < -0.4 is 0 Å². The van der Waals surface area contributed by atoms with E-state index in [1.165, 1.54) is 36.9 Å². The van der Waals surface area contributed by atoms with Gasteiger partial charge in [-0.05, 0) is 46.5 Å². The molecule has 0 atom stereocenters. The lowest BCUT2D eigenvalue weighted by molar-refractivity contribution is 0.679. The number of benzene rings is 1. The van der Waals surface area contributed by atoms with Crippen molar-refractivity contribution in [3.8, 4) is 0 Å². The van der Waals surface area contributed by atoms with E-state index in [2.05, 4.69) is 54.0 Å². The summed E-state index contributed by atoms with van der Waals surface area (Å²) in [4.78, 5) is 8.05. The van der Waals surface area contributed by atoms with Crippen LogP contribution in [0.25, 0.3) is 0 Å². The minimum atomic E-state index is 0.588. The maximum atomic E-state index is 5.42.